The summed E-state index contributed by atoms with van der Waals surface area (Å²) in [7, 11) is 0. The fourth-order valence-electron chi connectivity index (χ4n) is 8.88. The van der Waals surface area contributed by atoms with Crippen LogP contribution in [0.5, 0.6) is 0 Å². The molecule has 0 spiro atoms. The van der Waals surface area contributed by atoms with Crippen molar-refractivity contribution in [1.82, 2.24) is 9.97 Å². The number of rotatable bonds is 5. The lowest BCUT2D eigenvalue weighted by molar-refractivity contribution is 0.674. The van der Waals surface area contributed by atoms with Crippen LogP contribution in [0.2, 0.25) is 0 Å². The molecule has 3 nitrogen and oxygen atoms in total. The summed E-state index contributed by atoms with van der Waals surface area (Å²) in [5.41, 5.74) is 16.2. The standard InChI is InChI=1S/C54H32N2O/c1-2-13-34(14-3-1)49-32-50(39-27-26-33-12-4-5-15-35(33)29-39)56-54(55-49)40-19-9-17-37(30-40)36-16-8-18-38(28-36)41-22-10-24-45-48-31-47-43-21-7-6-20-42(43)44-23-11-25-46(51(44)47)53(48)57-52(41)45/h1-32H. The Morgan fingerprint density at radius 2 is 0.895 bits per heavy atom. The summed E-state index contributed by atoms with van der Waals surface area (Å²) in [6.07, 6.45) is 0. The topological polar surface area (TPSA) is 38.9 Å². The average molecular weight is 725 g/mol. The maximum atomic E-state index is 6.91. The number of para-hydroxylation sites is 1. The summed E-state index contributed by atoms with van der Waals surface area (Å²) in [5, 5.41) is 7.09. The van der Waals surface area contributed by atoms with E-state index < -0.39 is 0 Å². The zero-order valence-electron chi connectivity index (χ0n) is 30.8. The molecule has 1 aliphatic carbocycles. The first-order valence-corrected chi connectivity index (χ1v) is 19.4. The zero-order chi connectivity index (χ0) is 37.5. The van der Waals surface area contributed by atoms with Crippen LogP contribution in [0.3, 0.4) is 0 Å². The summed E-state index contributed by atoms with van der Waals surface area (Å²) >= 11 is 0. The van der Waals surface area contributed by atoms with Crippen LogP contribution < -0.4 is 0 Å². The first-order valence-electron chi connectivity index (χ1n) is 19.4. The van der Waals surface area contributed by atoms with Crippen LogP contribution in [0.25, 0.3) is 122 Å². The minimum absolute atomic E-state index is 0.690. The van der Waals surface area contributed by atoms with Gasteiger partial charge in [0.2, 0.25) is 0 Å². The Kier molecular flexibility index (Phi) is 6.93. The Labute approximate surface area is 329 Å². The largest absolute Gasteiger partial charge is 0.455 e. The van der Waals surface area contributed by atoms with Gasteiger partial charge in [-0.2, -0.15) is 0 Å². The predicted octanol–water partition coefficient (Wildman–Crippen LogP) is 14.7. The van der Waals surface area contributed by atoms with E-state index in [2.05, 4.69) is 188 Å². The first kappa shape index (κ1) is 31.7. The average Bonchev–Trinajstić information content (AvgIpc) is 3.83. The van der Waals surface area contributed by atoms with Crippen molar-refractivity contribution in [2.75, 3.05) is 0 Å². The molecule has 9 aromatic carbocycles. The van der Waals surface area contributed by atoms with Gasteiger partial charge in [0.1, 0.15) is 11.2 Å². The van der Waals surface area contributed by atoms with Gasteiger partial charge in [-0.15, -0.1) is 0 Å². The number of hydrogen-bond acceptors (Lipinski definition) is 3. The van der Waals surface area contributed by atoms with Gasteiger partial charge in [0.15, 0.2) is 5.82 Å². The fourth-order valence-corrected chi connectivity index (χ4v) is 8.88. The van der Waals surface area contributed by atoms with Gasteiger partial charge in [0.05, 0.1) is 11.4 Å². The number of furan rings is 1. The Balaban J connectivity index is 0.966. The fraction of sp³-hybridized carbons (Fsp3) is 0. The second kappa shape index (κ2) is 12.5. The highest BCUT2D eigenvalue weighted by molar-refractivity contribution is 6.26. The quantitative estimate of drug-likeness (QED) is 0.177. The summed E-state index contributed by atoms with van der Waals surface area (Å²) in [4.78, 5) is 10.3. The lowest BCUT2D eigenvalue weighted by Crippen LogP contribution is -1.96. The van der Waals surface area contributed by atoms with E-state index in [9.17, 15) is 0 Å². The van der Waals surface area contributed by atoms with Crippen molar-refractivity contribution < 1.29 is 4.42 Å². The van der Waals surface area contributed by atoms with E-state index in [1.165, 1.54) is 38.4 Å². The van der Waals surface area contributed by atoms with Gasteiger partial charge in [-0.25, -0.2) is 9.97 Å². The Morgan fingerprint density at radius 3 is 1.72 bits per heavy atom. The van der Waals surface area contributed by atoms with Crippen LogP contribution in [-0.2, 0) is 0 Å². The molecule has 2 heterocycles. The van der Waals surface area contributed by atoms with E-state index in [-0.39, 0.29) is 0 Å². The lowest BCUT2D eigenvalue weighted by Gasteiger charge is -2.11. The molecule has 0 unspecified atom stereocenters. The van der Waals surface area contributed by atoms with Gasteiger partial charge in [-0.3, -0.25) is 0 Å². The van der Waals surface area contributed by atoms with Crippen LogP contribution in [0, 0.1) is 0 Å². The summed E-state index contributed by atoms with van der Waals surface area (Å²) < 4.78 is 6.91. The van der Waals surface area contributed by atoms with Gasteiger partial charge in [0.25, 0.3) is 0 Å². The SMILES string of the molecule is c1ccc(-c2cc(-c3ccc4ccccc4c3)nc(-c3cccc(-c4cccc(-c5cccc6c5oc5c7cccc8c7c(cc65)-c5ccccc5-8)c4)c3)n2)cc1. The van der Waals surface area contributed by atoms with Crippen LogP contribution in [-0.4, -0.2) is 9.97 Å². The van der Waals surface area contributed by atoms with Crippen LogP contribution in [0.15, 0.2) is 199 Å². The molecule has 0 N–H and O–H groups in total. The van der Waals surface area contributed by atoms with Crippen molar-refractivity contribution in [2.45, 2.75) is 0 Å². The molecule has 57 heavy (non-hydrogen) atoms. The number of aromatic nitrogens is 2. The van der Waals surface area contributed by atoms with Gasteiger partial charge in [0, 0.05) is 43.8 Å². The number of benzene rings is 9. The maximum absolute atomic E-state index is 6.91. The molecule has 0 saturated carbocycles. The van der Waals surface area contributed by atoms with E-state index in [0.29, 0.717) is 5.82 Å². The van der Waals surface area contributed by atoms with Crippen LogP contribution in [0.1, 0.15) is 0 Å². The summed E-state index contributed by atoms with van der Waals surface area (Å²) in [5.74, 6) is 0.690. The molecule has 0 amide bonds. The van der Waals surface area contributed by atoms with Gasteiger partial charge in [-0.1, -0.05) is 164 Å². The van der Waals surface area contributed by atoms with E-state index in [4.69, 9.17) is 14.4 Å². The summed E-state index contributed by atoms with van der Waals surface area (Å²) in [6, 6.07) is 68.9. The number of nitrogens with zero attached hydrogens (tertiary/aromatic N) is 2. The molecule has 0 bridgehead atoms. The molecular weight excluding hydrogens is 693 g/mol. The highest BCUT2D eigenvalue weighted by Gasteiger charge is 2.25. The molecule has 1 aliphatic rings. The molecule has 264 valence electrons. The van der Waals surface area contributed by atoms with Crippen molar-refractivity contribution in [1.29, 1.82) is 0 Å². The number of hydrogen-bond donors (Lipinski definition) is 0. The van der Waals surface area contributed by atoms with Gasteiger partial charge < -0.3 is 4.42 Å². The second-order valence-corrected chi connectivity index (χ2v) is 14.9. The third-order valence-electron chi connectivity index (χ3n) is 11.6. The van der Waals surface area contributed by atoms with Crippen molar-refractivity contribution >= 4 is 43.5 Å². The van der Waals surface area contributed by atoms with Gasteiger partial charge >= 0.3 is 0 Å². The van der Waals surface area contributed by atoms with Gasteiger partial charge in [-0.05, 0) is 80.0 Å². The Hall–Kier alpha value is -7.62. The van der Waals surface area contributed by atoms with E-state index in [0.717, 1.165) is 77.7 Å². The minimum atomic E-state index is 0.690. The minimum Gasteiger partial charge on any atom is -0.455 e. The molecule has 0 atom stereocenters. The third-order valence-corrected chi connectivity index (χ3v) is 11.6. The normalized spacial score (nSPS) is 11.9. The maximum Gasteiger partial charge on any atom is 0.160 e. The monoisotopic (exact) mass is 724 g/mol. The highest BCUT2D eigenvalue weighted by atomic mass is 16.3. The van der Waals surface area contributed by atoms with Crippen molar-refractivity contribution in [3.63, 3.8) is 0 Å². The smallest absolute Gasteiger partial charge is 0.160 e. The molecule has 2 aromatic heterocycles. The molecule has 0 fully saturated rings. The second-order valence-electron chi connectivity index (χ2n) is 14.9. The van der Waals surface area contributed by atoms with E-state index in [1.807, 2.05) is 6.07 Å². The molecule has 0 saturated heterocycles. The predicted molar refractivity (Wildman–Crippen MR) is 236 cm³/mol. The summed E-state index contributed by atoms with van der Waals surface area (Å²) in [6.45, 7) is 0. The molecular formula is C54H32N2O. The van der Waals surface area contributed by atoms with Crippen molar-refractivity contribution in [2.24, 2.45) is 0 Å². The molecule has 0 radical (unpaired) electrons. The van der Waals surface area contributed by atoms with Crippen LogP contribution >= 0.6 is 0 Å². The molecule has 3 heteroatoms. The first-order chi connectivity index (χ1) is 28.2. The number of fused-ring (bicyclic) bond motifs is 8. The molecule has 0 aliphatic heterocycles. The Morgan fingerprint density at radius 1 is 0.298 bits per heavy atom. The van der Waals surface area contributed by atoms with E-state index >= 15 is 0 Å². The van der Waals surface area contributed by atoms with Crippen molar-refractivity contribution in [3.05, 3.63) is 194 Å². The van der Waals surface area contributed by atoms with E-state index in [1.54, 1.807) is 0 Å². The zero-order valence-corrected chi connectivity index (χ0v) is 30.8. The molecule has 11 aromatic rings. The highest BCUT2D eigenvalue weighted by Crippen LogP contribution is 2.51. The third kappa shape index (κ3) is 5.06. The molecule has 12 rings (SSSR count). The van der Waals surface area contributed by atoms with Crippen molar-refractivity contribution in [3.8, 4) is 78.4 Å². The van der Waals surface area contributed by atoms with Crippen LogP contribution in [0.4, 0.5) is 0 Å². The Bertz CT molecular complexity index is 3410. The lowest BCUT2D eigenvalue weighted by atomic mass is 9.96.